The molecule has 2 amide bonds. The number of rotatable bonds is 4. The molecule has 1 atom stereocenters. The van der Waals surface area contributed by atoms with Gasteiger partial charge in [-0.05, 0) is 29.7 Å². The van der Waals surface area contributed by atoms with E-state index in [0.29, 0.717) is 17.7 Å². The minimum atomic E-state index is -0.594. The van der Waals surface area contributed by atoms with Crippen LogP contribution in [0.3, 0.4) is 0 Å². The number of carbonyl (C=O) groups is 2. The Morgan fingerprint density at radius 3 is 2.27 bits per heavy atom. The predicted octanol–water partition coefficient (Wildman–Crippen LogP) is 3.80. The van der Waals surface area contributed by atoms with Crippen molar-refractivity contribution in [3.63, 3.8) is 0 Å². The molecule has 0 radical (unpaired) electrons. The van der Waals surface area contributed by atoms with E-state index in [-0.39, 0.29) is 11.8 Å². The highest BCUT2D eigenvalue weighted by Crippen LogP contribution is 2.34. The Kier molecular flexibility index (Phi) is 3.70. The molecular formula is C22H16N2O2. The minimum absolute atomic E-state index is 0.312. The van der Waals surface area contributed by atoms with Crippen molar-refractivity contribution in [1.29, 1.82) is 0 Å². The summed E-state index contributed by atoms with van der Waals surface area (Å²) in [4.78, 5) is 27.0. The van der Waals surface area contributed by atoms with Crippen molar-refractivity contribution in [2.45, 2.75) is 12.6 Å². The van der Waals surface area contributed by atoms with Crippen molar-refractivity contribution in [3.8, 4) is 12.3 Å². The highest BCUT2D eigenvalue weighted by molar-refractivity contribution is 6.21. The van der Waals surface area contributed by atoms with Crippen LogP contribution in [0, 0.1) is 12.3 Å². The molecule has 0 saturated heterocycles. The maximum Gasteiger partial charge on any atom is 0.262 e. The number of amides is 2. The lowest BCUT2D eigenvalue weighted by Crippen LogP contribution is -2.34. The molecule has 4 nitrogen and oxygen atoms in total. The van der Waals surface area contributed by atoms with E-state index in [1.54, 1.807) is 30.3 Å². The molecule has 0 saturated carbocycles. The third kappa shape index (κ3) is 2.18. The molecule has 0 spiro atoms. The van der Waals surface area contributed by atoms with Crippen LogP contribution in [0.25, 0.3) is 10.9 Å². The van der Waals surface area contributed by atoms with E-state index < -0.39 is 6.04 Å². The number of nitrogens with zero attached hydrogens (tertiary/aromatic N) is 2. The molecule has 0 bridgehead atoms. The molecule has 1 aliphatic heterocycles. The molecule has 0 aliphatic carbocycles. The van der Waals surface area contributed by atoms with Crippen LogP contribution in [0.2, 0.25) is 0 Å². The van der Waals surface area contributed by atoms with Gasteiger partial charge in [0.2, 0.25) is 0 Å². The molecular weight excluding hydrogens is 324 g/mol. The summed E-state index contributed by atoms with van der Waals surface area (Å²) >= 11 is 0. The van der Waals surface area contributed by atoms with Crippen molar-refractivity contribution < 1.29 is 9.59 Å². The maximum absolute atomic E-state index is 12.9. The van der Waals surface area contributed by atoms with Crippen LogP contribution in [0.1, 0.15) is 32.5 Å². The molecule has 3 aromatic rings. The smallest absolute Gasteiger partial charge is 0.262 e. The first-order valence-corrected chi connectivity index (χ1v) is 8.28. The molecule has 4 rings (SSSR count). The number of hydrogen-bond donors (Lipinski definition) is 0. The molecule has 1 aliphatic rings. The van der Waals surface area contributed by atoms with Gasteiger partial charge in [0.05, 0.1) is 23.7 Å². The zero-order valence-corrected chi connectivity index (χ0v) is 14.1. The SMILES string of the molecule is C#CCn1c(C(C=C)N2C(=O)c3ccccc3C2=O)cc2ccccc21. The van der Waals surface area contributed by atoms with Gasteiger partial charge in [-0.15, -0.1) is 13.0 Å². The molecule has 126 valence electrons. The fourth-order valence-corrected chi connectivity index (χ4v) is 3.56. The van der Waals surface area contributed by atoms with Crippen LogP contribution in [0.15, 0.2) is 67.3 Å². The Morgan fingerprint density at radius 2 is 1.65 bits per heavy atom. The zero-order valence-electron chi connectivity index (χ0n) is 14.1. The van der Waals surface area contributed by atoms with E-state index >= 15 is 0 Å². The number of benzene rings is 2. The highest BCUT2D eigenvalue weighted by atomic mass is 16.2. The number of para-hydroxylation sites is 1. The van der Waals surface area contributed by atoms with Crippen molar-refractivity contribution in [2.75, 3.05) is 0 Å². The lowest BCUT2D eigenvalue weighted by atomic mass is 10.1. The lowest BCUT2D eigenvalue weighted by Gasteiger charge is -2.24. The maximum atomic E-state index is 12.9. The predicted molar refractivity (Wildman–Crippen MR) is 101 cm³/mol. The third-order valence-corrected chi connectivity index (χ3v) is 4.72. The highest BCUT2D eigenvalue weighted by Gasteiger charge is 2.40. The Hall–Kier alpha value is -3.58. The van der Waals surface area contributed by atoms with E-state index in [2.05, 4.69) is 12.5 Å². The van der Waals surface area contributed by atoms with Crippen LogP contribution >= 0.6 is 0 Å². The Balaban J connectivity index is 1.87. The van der Waals surface area contributed by atoms with Crippen LogP contribution in [0.5, 0.6) is 0 Å². The van der Waals surface area contributed by atoms with E-state index in [1.165, 1.54) is 4.90 Å². The van der Waals surface area contributed by atoms with E-state index in [9.17, 15) is 9.59 Å². The normalized spacial score (nSPS) is 14.3. The fourth-order valence-electron chi connectivity index (χ4n) is 3.56. The Bertz CT molecular complexity index is 1070. The van der Waals surface area contributed by atoms with Crippen molar-refractivity contribution in [3.05, 3.63) is 84.1 Å². The summed E-state index contributed by atoms with van der Waals surface area (Å²) in [6, 6.07) is 16.1. The zero-order chi connectivity index (χ0) is 18.3. The van der Waals surface area contributed by atoms with Gasteiger partial charge in [0.1, 0.15) is 0 Å². The monoisotopic (exact) mass is 340 g/mol. The number of fused-ring (bicyclic) bond motifs is 2. The number of aromatic nitrogens is 1. The van der Waals surface area contributed by atoms with Crippen LogP contribution in [-0.2, 0) is 6.54 Å². The fraction of sp³-hybridized carbons (Fsp3) is 0.0909. The van der Waals surface area contributed by atoms with Crippen LogP contribution in [-0.4, -0.2) is 21.3 Å². The van der Waals surface area contributed by atoms with Crippen LogP contribution < -0.4 is 0 Å². The molecule has 1 unspecified atom stereocenters. The molecule has 2 aromatic carbocycles. The Labute approximate surface area is 151 Å². The average molecular weight is 340 g/mol. The van der Waals surface area contributed by atoms with E-state index in [0.717, 1.165) is 16.6 Å². The number of imide groups is 1. The molecule has 0 N–H and O–H groups in total. The summed E-state index contributed by atoms with van der Waals surface area (Å²) in [6.45, 7) is 4.22. The van der Waals surface area contributed by atoms with Gasteiger partial charge in [-0.25, -0.2) is 0 Å². The first-order chi connectivity index (χ1) is 12.7. The van der Waals surface area contributed by atoms with Crippen molar-refractivity contribution in [1.82, 2.24) is 9.47 Å². The van der Waals surface area contributed by atoms with Gasteiger partial charge in [-0.1, -0.05) is 42.3 Å². The topological polar surface area (TPSA) is 42.3 Å². The molecule has 1 aromatic heterocycles. The first-order valence-electron chi connectivity index (χ1n) is 8.28. The standard InChI is InChI=1S/C22H16N2O2/c1-3-13-23-19-12-8-5-9-15(19)14-20(23)18(4-2)24-21(25)16-10-6-7-11-17(16)22(24)26/h1,4-12,14,18H,2,13H2. The molecule has 26 heavy (non-hydrogen) atoms. The summed E-state index contributed by atoms with van der Waals surface area (Å²) < 4.78 is 1.95. The van der Waals surface area contributed by atoms with Crippen LogP contribution in [0.4, 0.5) is 0 Å². The first kappa shape index (κ1) is 15.9. The second kappa shape index (κ2) is 6.05. The summed E-state index contributed by atoms with van der Waals surface area (Å²) in [5.74, 6) is 2.03. The molecule has 4 heteroatoms. The second-order valence-electron chi connectivity index (χ2n) is 6.12. The van der Waals surface area contributed by atoms with Crippen molar-refractivity contribution in [2.24, 2.45) is 0 Å². The van der Waals surface area contributed by atoms with E-state index in [1.807, 2.05) is 34.9 Å². The van der Waals surface area contributed by atoms with Gasteiger partial charge in [0.25, 0.3) is 11.8 Å². The summed E-state index contributed by atoms with van der Waals surface area (Å²) in [6.07, 6.45) is 7.17. The summed E-state index contributed by atoms with van der Waals surface area (Å²) in [5.41, 5.74) is 2.57. The van der Waals surface area contributed by atoms with Gasteiger partial charge < -0.3 is 4.57 Å². The van der Waals surface area contributed by atoms with Crippen molar-refractivity contribution >= 4 is 22.7 Å². The van der Waals surface area contributed by atoms with Gasteiger partial charge in [-0.2, -0.15) is 0 Å². The minimum Gasteiger partial charge on any atom is -0.331 e. The second-order valence-corrected chi connectivity index (χ2v) is 6.12. The lowest BCUT2D eigenvalue weighted by molar-refractivity contribution is 0.0609. The number of hydrogen-bond acceptors (Lipinski definition) is 2. The summed E-state index contributed by atoms with van der Waals surface area (Å²) in [5, 5.41) is 1.00. The van der Waals surface area contributed by atoms with Gasteiger partial charge in [0, 0.05) is 11.2 Å². The van der Waals surface area contributed by atoms with Gasteiger partial charge in [0.15, 0.2) is 0 Å². The largest absolute Gasteiger partial charge is 0.331 e. The quantitative estimate of drug-likeness (QED) is 0.412. The van der Waals surface area contributed by atoms with E-state index in [4.69, 9.17) is 6.42 Å². The van der Waals surface area contributed by atoms with Gasteiger partial charge >= 0.3 is 0 Å². The molecule has 2 heterocycles. The Morgan fingerprint density at radius 1 is 1.04 bits per heavy atom. The average Bonchev–Trinajstić information content (AvgIpc) is 3.15. The summed E-state index contributed by atoms with van der Waals surface area (Å²) in [7, 11) is 0. The number of terminal acetylenes is 1. The third-order valence-electron chi connectivity index (χ3n) is 4.72. The number of carbonyl (C=O) groups excluding carboxylic acids is 2. The van der Waals surface area contributed by atoms with Gasteiger partial charge in [-0.3, -0.25) is 14.5 Å². The molecule has 0 fully saturated rings.